The molecule has 0 spiro atoms. The Morgan fingerprint density at radius 2 is 2.00 bits per heavy atom. The van der Waals surface area contributed by atoms with Crippen LogP contribution in [0.1, 0.15) is 35.9 Å². The molecule has 0 unspecified atom stereocenters. The van der Waals surface area contributed by atoms with E-state index in [9.17, 15) is 14.4 Å². The number of carbonyl (C=O) groups is 3. The van der Waals surface area contributed by atoms with E-state index in [-0.39, 0.29) is 24.9 Å². The minimum Gasteiger partial charge on any atom is -0.337 e. The van der Waals surface area contributed by atoms with Gasteiger partial charge < -0.3 is 9.42 Å². The van der Waals surface area contributed by atoms with E-state index in [0.717, 1.165) is 0 Å². The van der Waals surface area contributed by atoms with Crippen LogP contribution in [0.5, 0.6) is 0 Å². The molecule has 2 aromatic rings. The molecule has 3 rings (SSSR count). The molecule has 1 N–H and O–H groups in total. The summed E-state index contributed by atoms with van der Waals surface area (Å²) in [5.41, 5.74) is 1.02. The lowest BCUT2D eigenvalue weighted by Crippen LogP contribution is -2.31. The topological polar surface area (TPSA) is 109 Å². The lowest BCUT2D eigenvalue weighted by atomic mass is 10.1. The van der Waals surface area contributed by atoms with Gasteiger partial charge in [-0.15, -0.1) is 0 Å². The Morgan fingerprint density at radius 1 is 1.27 bits per heavy atom. The molecule has 1 fully saturated rings. The highest BCUT2D eigenvalue weighted by molar-refractivity contribution is 6.12. The van der Waals surface area contributed by atoms with Crippen molar-refractivity contribution < 1.29 is 18.9 Å². The summed E-state index contributed by atoms with van der Waals surface area (Å²) in [5, 5.41) is 6.04. The average molecular weight is 357 g/mol. The molecule has 0 aliphatic carbocycles. The maximum atomic E-state index is 12.7. The molecule has 0 bridgehead atoms. The van der Waals surface area contributed by atoms with Crippen molar-refractivity contribution in [2.75, 3.05) is 18.0 Å². The van der Waals surface area contributed by atoms with Crippen molar-refractivity contribution >= 4 is 23.5 Å². The fraction of sp³-hybridized carbons (Fsp3) is 0.353. The number of hydrogen-bond donors (Lipinski definition) is 1. The summed E-state index contributed by atoms with van der Waals surface area (Å²) in [4.78, 5) is 42.8. The lowest BCUT2D eigenvalue weighted by molar-refractivity contribution is -0.117. The zero-order valence-corrected chi connectivity index (χ0v) is 14.6. The Kier molecular flexibility index (Phi) is 4.97. The third kappa shape index (κ3) is 3.56. The third-order valence-electron chi connectivity index (χ3n) is 4.04. The van der Waals surface area contributed by atoms with Crippen molar-refractivity contribution in [2.24, 2.45) is 0 Å². The quantitative estimate of drug-likeness (QED) is 0.782. The van der Waals surface area contributed by atoms with Gasteiger partial charge in [-0.1, -0.05) is 12.1 Å². The summed E-state index contributed by atoms with van der Waals surface area (Å²) in [7, 11) is 0. The molecule has 0 atom stereocenters. The first-order valence-electron chi connectivity index (χ1n) is 8.34. The number of urea groups is 1. The molecule has 2 heterocycles. The molecule has 1 aliphatic heterocycles. The van der Waals surface area contributed by atoms with Crippen molar-refractivity contribution in [3.05, 3.63) is 41.5 Å². The lowest BCUT2D eigenvalue weighted by Gasteiger charge is -2.19. The second-order valence-corrected chi connectivity index (χ2v) is 5.76. The van der Waals surface area contributed by atoms with Gasteiger partial charge >= 0.3 is 6.03 Å². The maximum Gasteiger partial charge on any atom is 0.329 e. The van der Waals surface area contributed by atoms with Gasteiger partial charge in [0.05, 0.1) is 0 Å². The first kappa shape index (κ1) is 17.6. The molecule has 1 saturated heterocycles. The molecule has 4 amide bonds. The van der Waals surface area contributed by atoms with Gasteiger partial charge in [0.15, 0.2) is 5.82 Å². The van der Waals surface area contributed by atoms with Crippen LogP contribution in [0.25, 0.3) is 0 Å². The second-order valence-electron chi connectivity index (χ2n) is 5.76. The van der Waals surface area contributed by atoms with Crippen molar-refractivity contribution in [1.29, 1.82) is 0 Å². The Hall–Kier alpha value is -3.23. The van der Waals surface area contributed by atoms with E-state index in [2.05, 4.69) is 15.5 Å². The summed E-state index contributed by atoms with van der Waals surface area (Å²) in [6.45, 7) is 4.47. The number of nitrogens with one attached hydrogen (secondary N) is 1. The van der Waals surface area contributed by atoms with Crippen LogP contribution in [0.4, 0.5) is 10.5 Å². The van der Waals surface area contributed by atoms with E-state index in [1.165, 1.54) is 4.90 Å². The molecule has 1 aromatic heterocycles. The van der Waals surface area contributed by atoms with Gasteiger partial charge in [-0.05, 0) is 31.2 Å². The zero-order valence-electron chi connectivity index (χ0n) is 14.6. The fourth-order valence-electron chi connectivity index (χ4n) is 2.61. The molecule has 26 heavy (non-hydrogen) atoms. The van der Waals surface area contributed by atoms with E-state index in [1.54, 1.807) is 29.2 Å². The molecular weight excluding hydrogens is 338 g/mol. The first-order valence-corrected chi connectivity index (χ1v) is 8.34. The molecule has 0 saturated carbocycles. The number of hydrogen-bond acceptors (Lipinski definition) is 6. The Morgan fingerprint density at radius 3 is 2.54 bits per heavy atom. The Labute approximate surface area is 150 Å². The van der Waals surface area contributed by atoms with E-state index < -0.39 is 6.03 Å². The summed E-state index contributed by atoms with van der Waals surface area (Å²) < 4.78 is 5.14. The van der Waals surface area contributed by atoms with Gasteiger partial charge in [0.1, 0.15) is 13.1 Å². The number of imide groups is 1. The van der Waals surface area contributed by atoms with E-state index in [0.29, 0.717) is 35.9 Å². The Bertz CT molecular complexity index is 830. The predicted molar refractivity (Wildman–Crippen MR) is 91.4 cm³/mol. The van der Waals surface area contributed by atoms with Gasteiger partial charge in [0.2, 0.25) is 11.8 Å². The van der Waals surface area contributed by atoms with E-state index in [1.807, 2.05) is 13.8 Å². The standard InChI is InChI=1S/C17H19N5O4/c1-3-13-18-15(26-20-13)10-21(4-2)16(24)11-5-7-12(8-6-11)22-9-14(23)19-17(22)25/h5-8H,3-4,9-10H2,1-2H3,(H,19,23,25). The largest absolute Gasteiger partial charge is 0.337 e. The SMILES string of the molecule is CCc1noc(CN(CC)C(=O)c2ccc(N3CC(=O)NC3=O)cc2)n1. The van der Waals surface area contributed by atoms with Crippen molar-refractivity contribution in [1.82, 2.24) is 20.4 Å². The van der Waals surface area contributed by atoms with Crippen molar-refractivity contribution in [3.63, 3.8) is 0 Å². The van der Waals surface area contributed by atoms with Gasteiger partial charge in [-0.2, -0.15) is 4.98 Å². The van der Waals surface area contributed by atoms with Gasteiger partial charge in [-0.3, -0.25) is 19.8 Å². The number of nitrogens with zero attached hydrogens (tertiary/aromatic N) is 4. The predicted octanol–water partition coefficient (Wildman–Crippen LogP) is 1.35. The smallest absolute Gasteiger partial charge is 0.329 e. The highest BCUT2D eigenvalue weighted by atomic mass is 16.5. The summed E-state index contributed by atoms with van der Waals surface area (Å²) in [5.74, 6) is 0.461. The second kappa shape index (κ2) is 7.34. The zero-order chi connectivity index (χ0) is 18.7. The molecule has 0 radical (unpaired) electrons. The van der Waals surface area contributed by atoms with Crippen LogP contribution in [0.2, 0.25) is 0 Å². The number of aromatic nitrogens is 2. The third-order valence-corrected chi connectivity index (χ3v) is 4.04. The molecule has 1 aliphatic rings. The summed E-state index contributed by atoms with van der Waals surface area (Å²) in [6, 6.07) is 6.07. The highest BCUT2D eigenvalue weighted by Crippen LogP contribution is 2.19. The Balaban J connectivity index is 1.71. The van der Waals surface area contributed by atoms with Crippen LogP contribution in [0, 0.1) is 0 Å². The normalized spacial score (nSPS) is 13.8. The summed E-state index contributed by atoms with van der Waals surface area (Å²) >= 11 is 0. The minimum atomic E-state index is -0.465. The minimum absolute atomic E-state index is 0.0237. The maximum absolute atomic E-state index is 12.7. The number of carbonyl (C=O) groups excluding carboxylic acids is 3. The van der Waals surface area contributed by atoms with Crippen LogP contribution < -0.4 is 10.2 Å². The van der Waals surface area contributed by atoms with Crippen molar-refractivity contribution in [2.45, 2.75) is 26.8 Å². The highest BCUT2D eigenvalue weighted by Gasteiger charge is 2.28. The van der Waals surface area contributed by atoms with Gasteiger partial charge in [0, 0.05) is 24.2 Å². The molecule has 136 valence electrons. The molecule has 1 aromatic carbocycles. The molecular formula is C17H19N5O4. The van der Waals surface area contributed by atoms with Crippen molar-refractivity contribution in [3.8, 4) is 0 Å². The van der Waals surface area contributed by atoms with E-state index >= 15 is 0 Å². The van der Waals surface area contributed by atoms with Crippen LogP contribution in [0.3, 0.4) is 0 Å². The van der Waals surface area contributed by atoms with Crippen LogP contribution in [0.15, 0.2) is 28.8 Å². The van der Waals surface area contributed by atoms with Crippen LogP contribution in [-0.4, -0.2) is 46.0 Å². The molecule has 9 heteroatoms. The number of anilines is 1. The average Bonchev–Trinajstić information content (AvgIpc) is 3.24. The summed E-state index contributed by atoms with van der Waals surface area (Å²) in [6.07, 6.45) is 0.664. The number of amides is 4. The van der Waals surface area contributed by atoms with E-state index in [4.69, 9.17) is 4.52 Å². The van der Waals surface area contributed by atoms with Crippen LogP contribution >= 0.6 is 0 Å². The monoisotopic (exact) mass is 357 g/mol. The van der Waals surface area contributed by atoms with Crippen LogP contribution in [-0.2, 0) is 17.8 Å². The number of aryl methyl sites for hydroxylation is 1. The number of rotatable bonds is 6. The van der Waals surface area contributed by atoms with Gasteiger partial charge in [-0.25, -0.2) is 4.79 Å². The first-order chi connectivity index (χ1) is 12.5. The molecule has 9 nitrogen and oxygen atoms in total. The number of benzene rings is 1. The van der Waals surface area contributed by atoms with Gasteiger partial charge in [0.25, 0.3) is 5.91 Å². The fourth-order valence-corrected chi connectivity index (χ4v) is 2.61.